The Hall–Kier alpha value is -3.31. The SMILES string of the molecule is O=c1[nH]c(NC[C@@H]2CN(c3nncs3)CCO2)nc2c1cnn2-c1ccccc1. The van der Waals surface area contributed by atoms with E-state index in [0.717, 1.165) is 17.4 Å². The highest BCUT2D eigenvalue weighted by Gasteiger charge is 2.22. The van der Waals surface area contributed by atoms with Crippen LogP contribution in [0, 0.1) is 0 Å². The average Bonchev–Trinajstić information content (AvgIpc) is 3.44. The minimum absolute atomic E-state index is 0.0623. The van der Waals surface area contributed by atoms with Gasteiger partial charge in [-0.15, -0.1) is 10.2 Å². The second kappa shape index (κ2) is 7.60. The van der Waals surface area contributed by atoms with Crippen molar-refractivity contribution < 1.29 is 4.74 Å². The summed E-state index contributed by atoms with van der Waals surface area (Å²) in [5.41, 5.74) is 2.83. The molecule has 0 amide bonds. The maximum Gasteiger partial charge on any atom is 0.263 e. The molecular formula is C18H18N8O2S. The standard InChI is InChI=1S/C18H18N8O2S/c27-16-14-9-21-26(12-4-2-1-3-5-12)15(14)22-17(23-16)19-8-13-10-25(6-7-28-13)18-24-20-11-29-18/h1-5,9,11,13H,6-8,10H2,(H2,19,22,23,27)/t13-/m1/s1. The molecule has 4 heterocycles. The summed E-state index contributed by atoms with van der Waals surface area (Å²) in [5.74, 6) is 0.386. The van der Waals surface area contributed by atoms with E-state index in [1.165, 1.54) is 17.5 Å². The Balaban J connectivity index is 1.35. The van der Waals surface area contributed by atoms with Crippen molar-refractivity contribution >= 4 is 33.5 Å². The molecule has 1 aromatic carbocycles. The number of benzene rings is 1. The number of hydrogen-bond donors (Lipinski definition) is 2. The summed E-state index contributed by atoms with van der Waals surface area (Å²) in [6.07, 6.45) is 1.47. The first-order valence-electron chi connectivity index (χ1n) is 9.18. The first-order chi connectivity index (χ1) is 14.3. The summed E-state index contributed by atoms with van der Waals surface area (Å²) in [4.78, 5) is 22.0. The Kier molecular flexibility index (Phi) is 4.66. The van der Waals surface area contributed by atoms with E-state index < -0.39 is 0 Å². The number of aromatic nitrogens is 6. The zero-order valence-corrected chi connectivity index (χ0v) is 16.2. The van der Waals surface area contributed by atoms with Crippen molar-refractivity contribution in [1.82, 2.24) is 29.9 Å². The summed E-state index contributed by atoms with van der Waals surface area (Å²) >= 11 is 1.51. The first kappa shape index (κ1) is 17.8. The maximum absolute atomic E-state index is 12.5. The van der Waals surface area contributed by atoms with Crippen molar-refractivity contribution in [2.45, 2.75) is 6.10 Å². The summed E-state index contributed by atoms with van der Waals surface area (Å²) in [6.45, 7) is 2.58. The van der Waals surface area contributed by atoms with Gasteiger partial charge in [-0.2, -0.15) is 10.1 Å². The summed E-state index contributed by atoms with van der Waals surface area (Å²) in [6, 6.07) is 9.59. The van der Waals surface area contributed by atoms with Gasteiger partial charge in [0.05, 0.1) is 24.6 Å². The molecule has 11 heteroatoms. The fraction of sp³-hybridized carbons (Fsp3) is 0.278. The molecule has 0 saturated carbocycles. The molecule has 4 aromatic rings. The Labute approximate surface area is 169 Å². The van der Waals surface area contributed by atoms with E-state index in [1.54, 1.807) is 10.2 Å². The fourth-order valence-electron chi connectivity index (χ4n) is 3.29. The van der Waals surface area contributed by atoms with Crippen molar-refractivity contribution in [2.75, 3.05) is 36.5 Å². The molecule has 148 valence electrons. The number of aromatic amines is 1. The van der Waals surface area contributed by atoms with Crippen molar-refractivity contribution in [3.63, 3.8) is 0 Å². The van der Waals surface area contributed by atoms with Crippen LogP contribution in [0.25, 0.3) is 16.7 Å². The Bertz CT molecular complexity index is 1160. The normalized spacial score (nSPS) is 17.0. The van der Waals surface area contributed by atoms with Gasteiger partial charge >= 0.3 is 0 Å². The van der Waals surface area contributed by atoms with E-state index in [0.29, 0.717) is 36.7 Å². The monoisotopic (exact) mass is 410 g/mol. The van der Waals surface area contributed by atoms with Crippen LogP contribution in [0.15, 0.2) is 46.8 Å². The van der Waals surface area contributed by atoms with Crippen molar-refractivity contribution in [3.8, 4) is 5.69 Å². The number of nitrogens with zero attached hydrogens (tertiary/aromatic N) is 6. The lowest BCUT2D eigenvalue weighted by molar-refractivity contribution is 0.0491. The number of hydrogen-bond acceptors (Lipinski definition) is 9. The molecule has 2 N–H and O–H groups in total. The van der Waals surface area contributed by atoms with Crippen LogP contribution in [0.5, 0.6) is 0 Å². The molecule has 0 spiro atoms. The second-order valence-electron chi connectivity index (χ2n) is 6.58. The van der Waals surface area contributed by atoms with E-state index in [9.17, 15) is 4.79 Å². The quantitative estimate of drug-likeness (QED) is 0.506. The third kappa shape index (κ3) is 3.57. The third-order valence-corrected chi connectivity index (χ3v) is 5.44. The van der Waals surface area contributed by atoms with Gasteiger partial charge < -0.3 is 15.0 Å². The van der Waals surface area contributed by atoms with Crippen LogP contribution in [0.4, 0.5) is 11.1 Å². The molecule has 1 atom stereocenters. The summed E-state index contributed by atoms with van der Waals surface area (Å²) < 4.78 is 7.50. The highest BCUT2D eigenvalue weighted by atomic mass is 32.1. The molecule has 1 aliphatic rings. The van der Waals surface area contributed by atoms with Crippen LogP contribution in [0.3, 0.4) is 0 Å². The van der Waals surface area contributed by atoms with E-state index >= 15 is 0 Å². The van der Waals surface area contributed by atoms with Gasteiger partial charge in [0.1, 0.15) is 10.9 Å². The molecule has 0 bridgehead atoms. The van der Waals surface area contributed by atoms with Gasteiger partial charge in [-0.05, 0) is 12.1 Å². The Morgan fingerprint density at radius 1 is 1.31 bits per heavy atom. The van der Waals surface area contributed by atoms with Gasteiger partial charge in [0.2, 0.25) is 11.1 Å². The van der Waals surface area contributed by atoms with Crippen LogP contribution < -0.4 is 15.8 Å². The van der Waals surface area contributed by atoms with Gasteiger partial charge in [0.25, 0.3) is 5.56 Å². The molecule has 1 saturated heterocycles. The van der Waals surface area contributed by atoms with Gasteiger partial charge in [-0.1, -0.05) is 29.5 Å². The summed E-state index contributed by atoms with van der Waals surface area (Å²) in [5, 5.41) is 16.9. The number of rotatable bonds is 5. The molecule has 0 aliphatic carbocycles. The number of ether oxygens (including phenoxy) is 1. The van der Waals surface area contributed by atoms with E-state index in [1.807, 2.05) is 30.3 Å². The van der Waals surface area contributed by atoms with Gasteiger partial charge in [-0.25, -0.2) is 4.68 Å². The zero-order chi connectivity index (χ0) is 19.6. The van der Waals surface area contributed by atoms with Gasteiger partial charge in [0, 0.05) is 19.6 Å². The smallest absolute Gasteiger partial charge is 0.263 e. The third-order valence-electron chi connectivity index (χ3n) is 4.69. The van der Waals surface area contributed by atoms with Crippen molar-refractivity contribution in [3.05, 3.63) is 52.4 Å². The van der Waals surface area contributed by atoms with Crippen LogP contribution in [0.2, 0.25) is 0 Å². The lowest BCUT2D eigenvalue weighted by Crippen LogP contribution is -2.45. The van der Waals surface area contributed by atoms with E-state index in [-0.39, 0.29) is 11.7 Å². The Morgan fingerprint density at radius 3 is 3.03 bits per heavy atom. The molecule has 10 nitrogen and oxygen atoms in total. The molecular weight excluding hydrogens is 392 g/mol. The van der Waals surface area contributed by atoms with E-state index in [2.05, 4.69) is 35.5 Å². The van der Waals surface area contributed by atoms with Crippen molar-refractivity contribution in [2.24, 2.45) is 0 Å². The number of nitrogens with one attached hydrogen (secondary N) is 2. The second-order valence-corrected chi connectivity index (χ2v) is 7.40. The highest BCUT2D eigenvalue weighted by Crippen LogP contribution is 2.19. The Morgan fingerprint density at radius 2 is 2.21 bits per heavy atom. The topological polar surface area (TPSA) is 114 Å². The van der Waals surface area contributed by atoms with Gasteiger partial charge in [0.15, 0.2) is 5.65 Å². The molecule has 1 aliphatic heterocycles. The molecule has 0 radical (unpaired) electrons. The number of fused-ring (bicyclic) bond motifs is 1. The number of morpholine rings is 1. The van der Waals surface area contributed by atoms with E-state index in [4.69, 9.17) is 4.74 Å². The molecule has 3 aromatic heterocycles. The number of para-hydroxylation sites is 1. The van der Waals surface area contributed by atoms with Gasteiger partial charge in [-0.3, -0.25) is 9.78 Å². The maximum atomic E-state index is 12.5. The fourth-order valence-corrected chi connectivity index (χ4v) is 3.89. The number of H-pyrrole nitrogens is 1. The summed E-state index contributed by atoms with van der Waals surface area (Å²) in [7, 11) is 0. The largest absolute Gasteiger partial charge is 0.373 e. The first-order valence-corrected chi connectivity index (χ1v) is 10.1. The minimum atomic E-state index is -0.236. The molecule has 0 unspecified atom stereocenters. The average molecular weight is 410 g/mol. The van der Waals surface area contributed by atoms with Crippen molar-refractivity contribution in [1.29, 1.82) is 0 Å². The highest BCUT2D eigenvalue weighted by molar-refractivity contribution is 7.13. The van der Waals surface area contributed by atoms with Crippen LogP contribution in [0.1, 0.15) is 0 Å². The number of anilines is 2. The zero-order valence-electron chi connectivity index (χ0n) is 15.4. The predicted octanol–water partition coefficient (Wildman–Crippen LogP) is 1.28. The van der Waals surface area contributed by atoms with Crippen LogP contribution in [-0.2, 0) is 4.74 Å². The van der Waals surface area contributed by atoms with Crippen LogP contribution in [-0.4, -0.2) is 62.3 Å². The lowest BCUT2D eigenvalue weighted by atomic mass is 10.3. The van der Waals surface area contributed by atoms with Crippen LogP contribution >= 0.6 is 11.3 Å². The molecule has 5 rings (SSSR count). The lowest BCUT2D eigenvalue weighted by Gasteiger charge is -2.32. The molecule has 1 fully saturated rings. The minimum Gasteiger partial charge on any atom is -0.373 e. The predicted molar refractivity (Wildman–Crippen MR) is 110 cm³/mol. The molecule has 29 heavy (non-hydrogen) atoms.